The molecule has 1 aliphatic rings. The molecule has 1 N–H and O–H groups in total. The van der Waals surface area contributed by atoms with E-state index in [0.29, 0.717) is 12.8 Å². The van der Waals surface area contributed by atoms with Crippen LogP contribution in [-0.4, -0.2) is 37.0 Å². The lowest BCUT2D eigenvalue weighted by atomic mass is 9.82. The van der Waals surface area contributed by atoms with E-state index in [1.54, 1.807) is 0 Å². The van der Waals surface area contributed by atoms with Crippen LogP contribution in [0.25, 0.3) is 0 Å². The molecule has 0 saturated heterocycles. The quantitative estimate of drug-likeness (QED) is 0.640. The summed E-state index contributed by atoms with van der Waals surface area (Å²) < 4.78 is 9.63. The number of aliphatic hydroxyl groups is 1. The second-order valence-corrected chi connectivity index (χ2v) is 3.39. The molecular formula is C9H16O4. The minimum absolute atomic E-state index is 0.423. The predicted octanol–water partition coefficient (Wildman–Crippen LogP) is 0.479. The van der Waals surface area contributed by atoms with Crippen molar-refractivity contribution in [2.24, 2.45) is 0 Å². The summed E-state index contributed by atoms with van der Waals surface area (Å²) in [5.74, 6) is -0.584. The van der Waals surface area contributed by atoms with Crippen molar-refractivity contribution in [3.63, 3.8) is 0 Å². The van der Waals surface area contributed by atoms with E-state index in [2.05, 4.69) is 4.74 Å². The highest BCUT2D eigenvalue weighted by Crippen LogP contribution is 2.31. The number of ether oxygens (including phenoxy) is 2. The first kappa shape index (κ1) is 10.5. The lowest BCUT2D eigenvalue weighted by Crippen LogP contribution is -2.52. The van der Waals surface area contributed by atoms with Gasteiger partial charge < -0.3 is 14.6 Å². The maximum Gasteiger partial charge on any atom is 0.340 e. The number of methoxy groups -OCH3 is 2. The van der Waals surface area contributed by atoms with Crippen molar-refractivity contribution >= 4 is 5.97 Å². The van der Waals surface area contributed by atoms with E-state index in [1.807, 2.05) is 0 Å². The third-order valence-electron chi connectivity index (χ3n) is 2.63. The van der Waals surface area contributed by atoms with Gasteiger partial charge in [-0.25, -0.2) is 4.79 Å². The molecule has 4 heteroatoms. The zero-order chi connectivity index (χ0) is 9.90. The first-order valence-electron chi connectivity index (χ1n) is 4.48. The molecule has 76 valence electrons. The summed E-state index contributed by atoms with van der Waals surface area (Å²) in [6.07, 6.45) is 2.54. The molecule has 0 heterocycles. The summed E-state index contributed by atoms with van der Waals surface area (Å²) in [5.41, 5.74) is -1.43. The minimum Gasteiger partial charge on any atom is -0.467 e. The van der Waals surface area contributed by atoms with Gasteiger partial charge in [0.2, 0.25) is 0 Å². The van der Waals surface area contributed by atoms with Gasteiger partial charge in [0.15, 0.2) is 5.60 Å². The first-order chi connectivity index (χ1) is 6.15. The molecule has 2 unspecified atom stereocenters. The Labute approximate surface area is 77.8 Å². The number of carbonyl (C=O) groups excluding carboxylic acids is 1. The number of hydrogen-bond donors (Lipinski definition) is 1. The van der Waals surface area contributed by atoms with Gasteiger partial charge in [0.05, 0.1) is 13.2 Å². The van der Waals surface area contributed by atoms with Crippen LogP contribution in [0.4, 0.5) is 0 Å². The van der Waals surface area contributed by atoms with Gasteiger partial charge in [-0.05, 0) is 19.3 Å². The molecule has 1 fully saturated rings. The lowest BCUT2D eigenvalue weighted by molar-refractivity contribution is -0.184. The average molecular weight is 188 g/mol. The highest BCUT2D eigenvalue weighted by molar-refractivity contribution is 5.80. The molecule has 1 aliphatic carbocycles. The maximum atomic E-state index is 11.3. The van der Waals surface area contributed by atoms with Crippen LogP contribution in [0.2, 0.25) is 0 Å². The first-order valence-corrected chi connectivity index (χ1v) is 4.48. The van der Waals surface area contributed by atoms with E-state index in [4.69, 9.17) is 4.74 Å². The van der Waals surface area contributed by atoms with E-state index in [9.17, 15) is 9.90 Å². The van der Waals surface area contributed by atoms with Crippen LogP contribution in [0, 0.1) is 0 Å². The van der Waals surface area contributed by atoms with Gasteiger partial charge in [-0.1, -0.05) is 6.42 Å². The fourth-order valence-electron chi connectivity index (χ4n) is 1.85. The summed E-state index contributed by atoms with van der Waals surface area (Å²) in [6.45, 7) is 0. The maximum absolute atomic E-state index is 11.3. The van der Waals surface area contributed by atoms with Gasteiger partial charge in [0, 0.05) is 7.11 Å². The largest absolute Gasteiger partial charge is 0.467 e. The fraction of sp³-hybridized carbons (Fsp3) is 0.889. The summed E-state index contributed by atoms with van der Waals surface area (Å²) in [7, 11) is 2.78. The van der Waals surface area contributed by atoms with E-state index >= 15 is 0 Å². The second-order valence-electron chi connectivity index (χ2n) is 3.39. The molecule has 0 spiro atoms. The van der Waals surface area contributed by atoms with E-state index in [-0.39, 0.29) is 0 Å². The van der Waals surface area contributed by atoms with Crippen molar-refractivity contribution in [2.75, 3.05) is 14.2 Å². The van der Waals surface area contributed by atoms with Gasteiger partial charge >= 0.3 is 5.97 Å². The summed E-state index contributed by atoms with van der Waals surface area (Å²) in [5, 5.41) is 10.0. The van der Waals surface area contributed by atoms with Crippen molar-refractivity contribution in [3.8, 4) is 0 Å². The molecule has 0 amide bonds. The number of rotatable bonds is 2. The number of carbonyl (C=O) groups is 1. The lowest BCUT2D eigenvalue weighted by Gasteiger charge is -2.36. The monoisotopic (exact) mass is 188 g/mol. The number of esters is 1. The predicted molar refractivity (Wildman–Crippen MR) is 46.2 cm³/mol. The van der Waals surface area contributed by atoms with Crippen LogP contribution in [0.15, 0.2) is 0 Å². The molecule has 0 aromatic heterocycles. The fourth-order valence-corrected chi connectivity index (χ4v) is 1.85. The highest BCUT2D eigenvalue weighted by Gasteiger charge is 2.46. The van der Waals surface area contributed by atoms with Crippen LogP contribution in [0.3, 0.4) is 0 Å². The van der Waals surface area contributed by atoms with Gasteiger partial charge in [0.1, 0.15) is 0 Å². The van der Waals surface area contributed by atoms with Crippen molar-refractivity contribution in [2.45, 2.75) is 37.4 Å². The molecule has 0 aromatic rings. The average Bonchev–Trinajstić information content (AvgIpc) is 2.17. The molecule has 0 aromatic carbocycles. The van der Waals surface area contributed by atoms with Crippen molar-refractivity contribution in [1.82, 2.24) is 0 Å². The van der Waals surface area contributed by atoms with Crippen LogP contribution < -0.4 is 0 Å². The molecule has 2 atom stereocenters. The molecule has 0 bridgehead atoms. The van der Waals surface area contributed by atoms with E-state index in [0.717, 1.165) is 12.8 Å². The van der Waals surface area contributed by atoms with E-state index < -0.39 is 17.7 Å². The zero-order valence-electron chi connectivity index (χ0n) is 8.08. The highest BCUT2D eigenvalue weighted by atomic mass is 16.6. The standard InChI is InChI=1S/C9H16O4/c1-12-7-5-3-4-6-9(7,11)8(10)13-2/h7,11H,3-6H2,1-2H3. The summed E-state index contributed by atoms with van der Waals surface area (Å²) in [4.78, 5) is 11.3. The van der Waals surface area contributed by atoms with Crippen LogP contribution in [0.5, 0.6) is 0 Å². The SMILES string of the molecule is COC(=O)C1(O)CCCCC1OC. The Hall–Kier alpha value is -0.610. The van der Waals surface area contributed by atoms with Crippen LogP contribution in [0.1, 0.15) is 25.7 Å². The third-order valence-corrected chi connectivity index (χ3v) is 2.63. The molecule has 13 heavy (non-hydrogen) atoms. The second kappa shape index (κ2) is 4.07. The zero-order valence-corrected chi connectivity index (χ0v) is 8.08. The normalized spacial score (nSPS) is 34.2. The van der Waals surface area contributed by atoms with Crippen LogP contribution >= 0.6 is 0 Å². The Morgan fingerprint density at radius 3 is 2.69 bits per heavy atom. The Balaban J connectivity index is 2.76. The van der Waals surface area contributed by atoms with Crippen molar-refractivity contribution < 1.29 is 19.4 Å². The minimum atomic E-state index is -1.43. The summed E-state index contributed by atoms with van der Waals surface area (Å²) >= 11 is 0. The summed E-state index contributed by atoms with van der Waals surface area (Å²) in [6, 6.07) is 0. The third kappa shape index (κ3) is 1.84. The van der Waals surface area contributed by atoms with Gasteiger partial charge in [-0.15, -0.1) is 0 Å². The molecule has 4 nitrogen and oxygen atoms in total. The smallest absolute Gasteiger partial charge is 0.340 e. The Kier molecular flexibility index (Phi) is 3.27. The van der Waals surface area contributed by atoms with Crippen LogP contribution in [-0.2, 0) is 14.3 Å². The number of hydrogen-bond acceptors (Lipinski definition) is 4. The Bertz CT molecular complexity index is 192. The Morgan fingerprint density at radius 1 is 1.46 bits per heavy atom. The Morgan fingerprint density at radius 2 is 2.15 bits per heavy atom. The molecule has 1 saturated carbocycles. The molecule has 0 aliphatic heterocycles. The molecule has 0 radical (unpaired) electrons. The molecule has 1 rings (SSSR count). The van der Waals surface area contributed by atoms with Gasteiger partial charge in [-0.2, -0.15) is 0 Å². The van der Waals surface area contributed by atoms with Crippen molar-refractivity contribution in [3.05, 3.63) is 0 Å². The van der Waals surface area contributed by atoms with Crippen molar-refractivity contribution in [1.29, 1.82) is 0 Å². The topological polar surface area (TPSA) is 55.8 Å². The van der Waals surface area contributed by atoms with Gasteiger partial charge in [0.25, 0.3) is 0 Å². The van der Waals surface area contributed by atoms with Gasteiger partial charge in [-0.3, -0.25) is 0 Å². The molecular weight excluding hydrogens is 172 g/mol. The van der Waals surface area contributed by atoms with E-state index in [1.165, 1.54) is 14.2 Å².